The van der Waals surface area contributed by atoms with Crippen LogP contribution in [-0.4, -0.2) is 35.2 Å². The van der Waals surface area contributed by atoms with E-state index in [4.69, 9.17) is 4.74 Å². The van der Waals surface area contributed by atoms with Crippen LogP contribution in [-0.2, 0) is 11.3 Å². The molecule has 0 unspecified atom stereocenters. The molecule has 0 spiro atoms. The smallest absolute Gasteiger partial charge is 0.415 e. The first-order chi connectivity index (χ1) is 13.3. The van der Waals surface area contributed by atoms with E-state index in [2.05, 4.69) is 46.3 Å². The molecule has 5 heteroatoms. The molecule has 1 aromatic carbocycles. The SMILES string of the molecule is CN(C(=O)OC(C)(C)C)c1ccc([C@H]2CCCCN2Cc2ccccc2)cn1. The summed E-state index contributed by atoms with van der Waals surface area (Å²) in [4.78, 5) is 20.8. The molecule has 1 fully saturated rings. The number of hydrogen-bond donors (Lipinski definition) is 0. The standard InChI is InChI=1S/C23H31N3O2/c1-23(2,3)28-22(27)25(4)21-14-13-19(16-24-21)20-12-8-9-15-26(20)17-18-10-6-5-7-11-18/h5-7,10-11,13-14,16,20H,8-9,12,15,17H2,1-4H3/t20-/m1/s1. The first-order valence-corrected chi connectivity index (χ1v) is 10.0. The molecule has 2 heterocycles. The van der Waals surface area contributed by atoms with Crippen molar-refractivity contribution in [1.29, 1.82) is 0 Å². The Kier molecular flexibility index (Phi) is 6.35. The van der Waals surface area contributed by atoms with Crippen LogP contribution in [0.3, 0.4) is 0 Å². The van der Waals surface area contributed by atoms with Crippen molar-refractivity contribution in [3.05, 3.63) is 59.8 Å². The van der Waals surface area contributed by atoms with Crippen LogP contribution >= 0.6 is 0 Å². The number of anilines is 1. The van der Waals surface area contributed by atoms with Crippen LogP contribution < -0.4 is 4.90 Å². The normalized spacial score (nSPS) is 17.9. The Morgan fingerprint density at radius 3 is 2.57 bits per heavy atom. The number of piperidine rings is 1. The van der Waals surface area contributed by atoms with Crippen molar-refractivity contribution in [2.24, 2.45) is 0 Å². The predicted octanol–water partition coefficient (Wildman–Crippen LogP) is 5.18. The third kappa shape index (κ3) is 5.32. The molecule has 0 radical (unpaired) electrons. The summed E-state index contributed by atoms with van der Waals surface area (Å²) in [5.74, 6) is 0.600. The molecule has 1 amide bonds. The van der Waals surface area contributed by atoms with E-state index in [1.807, 2.05) is 33.0 Å². The molecule has 3 rings (SSSR count). The largest absolute Gasteiger partial charge is 0.443 e. The minimum Gasteiger partial charge on any atom is -0.443 e. The van der Waals surface area contributed by atoms with Crippen LogP contribution in [0.2, 0.25) is 0 Å². The van der Waals surface area contributed by atoms with Crippen LogP contribution in [0.25, 0.3) is 0 Å². The van der Waals surface area contributed by atoms with Crippen molar-refractivity contribution in [2.75, 3.05) is 18.5 Å². The quantitative estimate of drug-likeness (QED) is 0.732. The van der Waals surface area contributed by atoms with Gasteiger partial charge in [0.25, 0.3) is 0 Å². The minimum absolute atomic E-state index is 0.363. The van der Waals surface area contributed by atoms with Gasteiger partial charge in [-0.1, -0.05) is 42.8 Å². The maximum absolute atomic E-state index is 12.3. The van der Waals surface area contributed by atoms with Crippen LogP contribution in [0.1, 0.15) is 57.2 Å². The maximum atomic E-state index is 12.3. The van der Waals surface area contributed by atoms with Gasteiger partial charge in [0, 0.05) is 25.8 Å². The van der Waals surface area contributed by atoms with Crippen LogP contribution in [0.5, 0.6) is 0 Å². The number of carbonyl (C=O) groups is 1. The van der Waals surface area contributed by atoms with Crippen LogP contribution in [0.15, 0.2) is 48.7 Å². The first-order valence-electron chi connectivity index (χ1n) is 10.0. The fraction of sp³-hybridized carbons (Fsp3) is 0.478. The van der Waals surface area contributed by atoms with Gasteiger partial charge in [0.2, 0.25) is 0 Å². The Hall–Kier alpha value is -2.40. The monoisotopic (exact) mass is 381 g/mol. The summed E-state index contributed by atoms with van der Waals surface area (Å²) < 4.78 is 5.42. The van der Waals surface area contributed by atoms with E-state index in [-0.39, 0.29) is 0 Å². The molecular formula is C23H31N3O2. The summed E-state index contributed by atoms with van der Waals surface area (Å²) in [7, 11) is 1.69. The summed E-state index contributed by atoms with van der Waals surface area (Å²) >= 11 is 0. The van der Waals surface area contributed by atoms with E-state index >= 15 is 0 Å². The minimum atomic E-state index is -0.522. The molecule has 28 heavy (non-hydrogen) atoms. The van der Waals surface area contributed by atoms with Crippen LogP contribution in [0, 0.1) is 0 Å². The Morgan fingerprint density at radius 2 is 1.93 bits per heavy atom. The number of rotatable bonds is 4. The zero-order valence-corrected chi connectivity index (χ0v) is 17.4. The molecule has 150 valence electrons. The molecule has 0 N–H and O–H groups in total. The molecule has 0 saturated carbocycles. The fourth-order valence-electron chi connectivity index (χ4n) is 3.59. The third-order valence-corrected chi connectivity index (χ3v) is 5.01. The predicted molar refractivity (Wildman–Crippen MR) is 112 cm³/mol. The Bertz CT molecular complexity index is 769. The van der Waals surface area contributed by atoms with E-state index in [1.165, 1.54) is 28.9 Å². The molecule has 2 aromatic rings. The zero-order valence-electron chi connectivity index (χ0n) is 17.4. The first kappa shape index (κ1) is 20.3. The van der Waals surface area contributed by atoms with E-state index in [1.54, 1.807) is 7.05 Å². The summed E-state index contributed by atoms with van der Waals surface area (Å²) in [6, 6.07) is 15.0. The van der Waals surface area contributed by atoms with E-state index in [0.29, 0.717) is 11.9 Å². The van der Waals surface area contributed by atoms with E-state index in [9.17, 15) is 4.79 Å². The van der Waals surface area contributed by atoms with Gasteiger partial charge < -0.3 is 4.74 Å². The molecule has 5 nitrogen and oxygen atoms in total. The summed E-state index contributed by atoms with van der Waals surface area (Å²) in [6.45, 7) is 7.63. The number of likely N-dealkylation sites (tertiary alicyclic amines) is 1. The fourth-order valence-corrected chi connectivity index (χ4v) is 3.59. The van der Waals surface area contributed by atoms with Crippen molar-refractivity contribution < 1.29 is 9.53 Å². The molecular weight excluding hydrogens is 350 g/mol. The molecule has 0 aliphatic carbocycles. The Balaban J connectivity index is 1.71. The highest BCUT2D eigenvalue weighted by molar-refractivity contribution is 5.85. The molecule has 0 bridgehead atoms. The van der Waals surface area contributed by atoms with E-state index < -0.39 is 11.7 Å². The van der Waals surface area contributed by atoms with Gasteiger partial charge in [-0.05, 0) is 57.4 Å². The van der Waals surface area contributed by atoms with Gasteiger partial charge in [-0.2, -0.15) is 0 Å². The van der Waals surface area contributed by atoms with Gasteiger partial charge in [-0.15, -0.1) is 0 Å². The summed E-state index contributed by atoms with van der Waals surface area (Å²) in [5.41, 5.74) is 2.02. The van der Waals surface area contributed by atoms with Crippen molar-refractivity contribution in [3.63, 3.8) is 0 Å². The van der Waals surface area contributed by atoms with Crippen molar-refractivity contribution in [1.82, 2.24) is 9.88 Å². The van der Waals surface area contributed by atoms with Crippen molar-refractivity contribution in [2.45, 2.75) is 58.2 Å². The Labute approximate surface area is 168 Å². The van der Waals surface area contributed by atoms with E-state index in [0.717, 1.165) is 19.5 Å². The van der Waals surface area contributed by atoms with Gasteiger partial charge >= 0.3 is 6.09 Å². The maximum Gasteiger partial charge on any atom is 0.415 e. The topological polar surface area (TPSA) is 45.7 Å². The number of aromatic nitrogens is 1. The highest BCUT2D eigenvalue weighted by Gasteiger charge is 2.25. The van der Waals surface area contributed by atoms with Gasteiger partial charge in [0.05, 0.1) is 0 Å². The van der Waals surface area contributed by atoms with Gasteiger partial charge in [-0.25, -0.2) is 9.78 Å². The number of nitrogens with zero attached hydrogens (tertiary/aromatic N) is 3. The van der Waals surface area contributed by atoms with Crippen molar-refractivity contribution in [3.8, 4) is 0 Å². The van der Waals surface area contributed by atoms with Crippen molar-refractivity contribution >= 4 is 11.9 Å². The number of carbonyl (C=O) groups excluding carboxylic acids is 1. The second-order valence-corrected chi connectivity index (χ2v) is 8.46. The average Bonchev–Trinajstić information content (AvgIpc) is 2.67. The lowest BCUT2D eigenvalue weighted by Crippen LogP contribution is -2.35. The number of hydrogen-bond acceptors (Lipinski definition) is 4. The lowest BCUT2D eigenvalue weighted by molar-refractivity contribution is 0.0588. The molecule has 1 atom stereocenters. The summed E-state index contributed by atoms with van der Waals surface area (Å²) in [5, 5.41) is 0. The van der Waals surface area contributed by atoms with Crippen LogP contribution in [0.4, 0.5) is 10.6 Å². The van der Waals surface area contributed by atoms with Gasteiger partial charge in [0.15, 0.2) is 0 Å². The number of amides is 1. The highest BCUT2D eigenvalue weighted by Crippen LogP contribution is 2.32. The second-order valence-electron chi connectivity index (χ2n) is 8.46. The van der Waals surface area contributed by atoms with Gasteiger partial charge in [0.1, 0.15) is 11.4 Å². The Morgan fingerprint density at radius 1 is 1.18 bits per heavy atom. The number of benzene rings is 1. The zero-order chi connectivity index (χ0) is 20.1. The summed E-state index contributed by atoms with van der Waals surface area (Å²) in [6.07, 6.45) is 5.11. The van der Waals surface area contributed by atoms with Gasteiger partial charge in [-0.3, -0.25) is 9.80 Å². The highest BCUT2D eigenvalue weighted by atomic mass is 16.6. The molecule has 1 saturated heterocycles. The lowest BCUT2D eigenvalue weighted by Gasteiger charge is -2.36. The number of ether oxygens (including phenoxy) is 1. The lowest BCUT2D eigenvalue weighted by atomic mass is 9.95. The molecule has 1 aliphatic rings. The third-order valence-electron chi connectivity index (χ3n) is 5.01. The average molecular weight is 382 g/mol. The molecule has 1 aromatic heterocycles. The molecule has 1 aliphatic heterocycles. The number of pyridine rings is 1. The second kappa shape index (κ2) is 8.74.